The summed E-state index contributed by atoms with van der Waals surface area (Å²) >= 11 is 1.54. The summed E-state index contributed by atoms with van der Waals surface area (Å²) in [6, 6.07) is 10.3. The fourth-order valence-electron chi connectivity index (χ4n) is 1.99. The smallest absolute Gasteiger partial charge is 0.190 e. The lowest BCUT2D eigenvalue weighted by atomic mass is 10.1. The van der Waals surface area contributed by atoms with E-state index >= 15 is 0 Å². The molecule has 0 aliphatic heterocycles. The van der Waals surface area contributed by atoms with Crippen LogP contribution in [0.1, 0.15) is 42.1 Å². The number of anilines is 1. The number of aryl methyl sites for hydroxylation is 1. The Labute approximate surface area is 129 Å². The average Bonchev–Trinajstić information content (AvgIpc) is 2.45. The van der Waals surface area contributed by atoms with E-state index in [4.69, 9.17) is 11.0 Å². The van der Waals surface area contributed by atoms with Crippen molar-refractivity contribution >= 4 is 17.6 Å². The summed E-state index contributed by atoms with van der Waals surface area (Å²) in [5, 5.41) is 9.79. The lowest BCUT2D eigenvalue weighted by molar-refractivity contribution is 0.776. The fraction of sp³-hybridized carbons (Fsp3) is 0.312. The molecule has 4 nitrogen and oxygen atoms in total. The van der Waals surface area contributed by atoms with Crippen molar-refractivity contribution in [2.45, 2.75) is 37.6 Å². The van der Waals surface area contributed by atoms with Crippen molar-refractivity contribution in [3.8, 4) is 6.07 Å². The second-order valence-electron chi connectivity index (χ2n) is 5.13. The van der Waals surface area contributed by atoms with E-state index in [0.717, 1.165) is 11.4 Å². The molecule has 2 N–H and O–H groups in total. The minimum atomic E-state index is 0.141. The zero-order valence-corrected chi connectivity index (χ0v) is 13.2. The third kappa shape index (κ3) is 3.53. The van der Waals surface area contributed by atoms with Crippen molar-refractivity contribution in [1.82, 2.24) is 9.97 Å². The molecule has 0 atom stereocenters. The average molecular weight is 298 g/mol. The molecule has 0 radical (unpaired) electrons. The Bertz CT molecular complexity index is 689. The molecular weight excluding hydrogens is 280 g/mol. The quantitative estimate of drug-likeness (QED) is 0.688. The van der Waals surface area contributed by atoms with Gasteiger partial charge in [-0.1, -0.05) is 49.9 Å². The largest absolute Gasteiger partial charge is 0.382 e. The summed E-state index contributed by atoms with van der Waals surface area (Å²) in [4.78, 5) is 8.74. The number of hydrogen-bond acceptors (Lipinski definition) is 5. The normalized spacial score (nSPS) is 10.6. The summed E-state index contributed by atoms with van der Waals surface area (Å²) in [5.41, 5.74) is 9.49. The first-order valence-electron chi connectivity index (χ1n) is 6.77. The van der Waals surface area contributed by atoms with Crippen LogP contribution in [0.25, 0.3) is 0 Å². The molecule has 0 spiro atoms. The number of nitriles is 1. The van der Waals surface area contributed by atoms with Crippen LogP contribution in [0.3, 0.4) is 0 Å². The number of aromatic nitrogens is 2. The number of nitrogens with two attached hydrogens (primary N) is 1. The predicted molar refractivity (Wildman–Crippen MR) is 86.0 cm³/mol. The first-order valence-corrected chi connectivity index (χ1v) is 7.76. The molecule has 0 fully saturated rings. The maximum atomic E-state index is 9.17. The minimum Gasteiger partial charge on any atom is -0.382 e. The van der Waals surface area contributed by atoms with Gasteiger partial charge in [0.05, 0.1) is 5.69 Å². The molecule has 0 amide bonds. The molecule has 0 saturated heterocycles. The van der Waals surface area contributed by atoms with Gasteiger partial charge in [0.25, 0.3) is 0 Å². The third-order valence-corrected chi connectivity index (χ3v) is 4.12. The topological polar surface area (TPSA) is 75.6 Å². The van der Waals surface area contributed by atoms with Crippen LogP contribution < -0.4 is 5.73 Å². The zero-order valence-electron chi connectivity index (χ0n) is 12.4. The first-order chi connectivity index (χ1) is 10.0. The number of benzene rings is 1. The van der Waals surface area contributed by atoms with E-state index in [1.54, 1.807) is 11.8 Å². The highest BCUT2D eigenvalue weighted by atomic mass is 32.2. The molecule has 1 aromatic heterocycles. The Kier molecular flexibility index (Phi) is 4.81. The van der Waals surface area contributed by atoms with Crippen molar-refractivity contribution in [1.29, 1.82) is 5.26 Å². The highest BCUT2D eigenvalue weighted by Gasteiger charge is 2.15. The van der Waals surface area contributed by atoms with Gasteiger partial charge in [0.2, 0.25) is 0 Å². The van der Waals surface area contributed by atoms with Gasteiger partial charge in [0.15, 0.2) is 5.16 Å². The van der Waals surface area contributed by atoms with E-state index in [9.17, 15) is 0 Å². The van der Waals surface area contributed by atoms with Crippen molar-refractivity contribution in [2.75, 3.05) is 5.73 Å². The highest BCUT2D eigenvalue weighted by Crippen LogP contribution is 2.27. The molecule has 1 aromatic carbocycles. The molecule has 0 aliphatic carbocycles. The second-order valence-corrected chi connectivity index (χ2v) is 6.08. The van der Waals surface area contributed by atoms with Gasteiger partial charge in [-0.25, -0.2) is 9.97 Å². The fourth-order valence-corrected chi connectivity index (χ4v) is 2.92. The van der Waals surface area contributed by atoms with Gasteiger partial charge in [-0.3, -0.25) is 0 Å². The lowest BCUT2D eigenvalue weighted by Gasteiger charge is -2.11. The van der Waals surface area contributed by atoms with Gasteiger partial charge >= 0.3 is 0 Å². The van der Waals surface area contributed by atoms with Crippen molar-refractivity contribution in [3.05, 3.63) is 46.6 Å². The summed E-state index contributed by atoms with van der Waals surface area (Å²) in [6.07, 6.45) is 0. The van der Waals surface area contributed by atoms with Gasteiger partial charge < -0.3 is 5.73 Å². The molecule has 0 unspecified atom stereocenters. The van der Waals surface area contributed by atoms with Crippen molar-refractivity contribution in [2.24, 2.45) is 0 Å². The van der Waals surface area contributed by atoms with Gasteiger partial charge in [0.1, 0.15) is 17.5 Å². The summed E-state index contributed by atoms with van der Waals surface area (Å²) < 4.78 is 0. The number of nitrogen functional groups attached to an aromatic ring is 1. The molecule has 0 bridgehead atoms. The Balaban J connectivity index is 2.26. The van der Waals surface area contributed by atoms with Gasteiger partial charge in [-0.05, 0) is 24.0 Å². The maximum absolute atomic E-state index is 9.17. The number of rotatable bonds is 4. The Morgan fingerprint density at radius 1 is 1.29 bits per heavy atom. The molecule has 2 aromatic rings. The standard InChI is InChI=1S/C16H18N4S/c1-10(2)14-13(8-17)15(18)20-16(19-14)21-9-12-7-5-4-6-11(12)3/h4-7,10H,9H2,1-3H3,(H2,18,19,20). The van der Waals surface area contributed by atoms with E-state index in [1.165, 1.54) is 11.1 Å². The monoisotopic (exact) mass is 298 g/mol. The van der Waals surface area contributed by atoms with Crippen LogP contribution in [0.5, 0.6) is 0 Å². The van der Waals surface area contributed by atoms with Crippen LogP contribution in [0.4, 0.5) is 5.82 Å². The van der Waals surface area contributed by atoms with E-state index < -0.39 is 0 Å². The van der Waals surface area contributed by atoms with Gasteiger partial charge in [-0.15, -0.1) is 0 Å². The lowest BCUT2D eigenvalue weighted by Crippen LogP contribution is -2.06. The molecule has 1 heterocycles. The predicted octanol–water partition coefficient (Wildman–Crippen LogP) is 3.65. The minimum absolute atomic E-state index is 0.141. The van der Waals surface area contributed by atoms with Crippen LogP contribution >= 0.6 is 11.8 Å². The highest BCUT2D eigenvalue weighted by molar-refractivity contribution is 7.98. The van der Waals surface area contributed by atoms with E-state index in [0.29, 0.717) is 10.7 Å². The molecule has 2 rings (SSSR count). The van der Waals surface area contributed by atoms with Crippen LogP contribution in [0, 0.1) is 18.3 Å². The molecule has 108 valence electrons. The third-order valence-electron chi connectivity index (χ3n) is 3.22. The molecular formula is C16H18N4S. The van der Waals surface area contributed by atoms with Crippen LogP contribution in [-0.4, -0.2) is 9.97 Å². The Morgan fingerprint density at radius 3 is 2.62 bits per heavy atom. The van der Waals surface area contributed by atoms with Crippen LogP contribution in [0.2, 0.25) is 0 Å². The van der Waals surface area contributed by atoms with Crippen LogP contribution in [0.15, 0.2) is 29.4 Å². The second kappa shape index (κ2) is 6.59. The zero-order chi connectivity index (χ0) is 15.4. The molecule has 5 heteroatoms. The first kappa shape index (κ1) is 15.3. The molecule has 0 saturated carbocycles. The van der Waals surface area contributed by atoms with Crippen molar-refractivity contribution in [3.63, 3.8) is 0 Å². The maximum Gasteiger partial charge on any atom is 0.190 e. The van der Waals surface area contributed by atoms with E-state index in [2.05, 4.69) is 35.1 Å². The number of hydrogen-bond donors (Lipinski definition) is 1. The Morgan fingerprint density at radius 2 is 2.00 bits per heavy atom. The summed E-state index contributed by atoms with van der Waals surface area (Å²) in [5.74, 6) is 1.20. The summed E-state index contributed by atoms with van der Waals surface area (Å²) in [7, 11) is 0. The van der Waals surface area contributed by atoms with Crippen LogP contribution in [-0.2, 0) is 5.75 Å². The van der Waals surface area contributed by atoms with Gasteiger partial charge in [-0.2, -0.15) is 5.26 Å². The SMILES string of the molecule is Cc1ccccc1CSc1nc(N)c(C#N)c(C(C)C)n1. The number of thioether (sulfide) groups is 1. The van der Waals surface area contributed by atoms with E-state index in [-0.39, 0.29) is 11.7 Å². The summed E-state index contributed by atoms with van der Waals surface area (Å²) in [6.45, 7) is 6.08. The molecule has 0 aliphatic rings. The molecule has 21 heavy (non-hydrogen) atoms. The van der Waals surface area contributed by atoms with Gasteiger partial charge in [0, 0.05) is 5.75 Å². The van der Waals surface area contributed by atoms with Crippen molar-refractivity contribution < 1.29 is 0 Å². The van der Waals surface area contributed by atoms with E-state index in [1.807, 2.05) is 26.0 Å². The number of nitrogens with zero attached hydrogens (tertiary/aromatic N) is 3. The Hall–Kier alpha value is -2.06.